The Bertz CT molecular complexity index is 259. The van der Waals surface area contributed by atoms with Crippen LogP contribution in [0.4, 0.5) is 0 Å². The Kier molecular flexibility index (Phi) is 8.33. The first kappa shape index (κ1) is 13.6. The van der Waals surface area contributed by atoms with Crippen molar-refractivity contribution in [3.05, 3.63) is 35.9 Å². The molecule has 1 rings (SSSR count). The highest BCUT2D eigenvalue weighted by Gasteiger charge is 1.85. The second kappa shape index (κ2) is 9.18. The summed E-state index contributed by atoms with van der Waals surface area (Å²) in [5.74, 6) is 3.96. The highest BCUT2D eigenvalue weighted by atomic mass is 16.4. The lowest BCUT2D eigenvalue weighted by molar-refractivity contribution is -0.667. The molecule has 15 heavy (non-hydrogen) atoms. The Morgan fingerprint density at radius 2 is 2.00 bits per heavy atom. The number of hydrogen-bond donors (Lipinski definition) is 2. The van der Waals surface area contributed by atoms with Crippen LogP contribution < -0.4 is 16.4 Å². The number of unbranched alkanes of at least 4 members (excludes halogenated alkanes) is 1. The third-order valence-corrected chi connectivity index (χ3v) is 1.73. The number of nitrogens with two attached hydrogens (primary N) is 2. The molecule has 0 aliphatic heterocycles. The van der Waals surface area contributed by atoms with Gasteiger partial charge in [0, 0.05) is 0 Å². The van der Waals surface area contributed by atoms with Gasteiger partial charge in [0.2, 0.25) is 0 Å². The third kappa shape index (κ3) is 7.66. The van der Waals surface area contributed by atoms with Gasteiger partial charge in [-0.2, -0.15) is 5.84 Å². The topological polar surface area (TPSA) is 82.8 Å². The van der Waals surface area contributed by atoms with Gasteiger partial charge in [-0.25, -0.2) is 0 Å². The van der Waals surface area contributed by atoms with Crippen LogP contribution in [0.15, 0.2) is 30.3 Å². The van der Waals surface area contributed by atoms with Crippen LogP contribution in [0.25, 0.3) is 0 Å². The highest BCUT2D eigenvalue weighted by Crippen LogP contribution is 1.94. The summed E-state index contributed by atoms with van der Waals surface area (Å²) in [5, 5.41) is 10.1. The number of carbonyl (C=O) groups excluding carboxylic acids is 1. The quantitative estimate of drug-likeness (QED) is 0.390. The number of carboxylic acids is 1. The molecule has 0 saturated heterocycles. The normalized spacial score (nSPS) is 8.93. The Morgan fingerprint density at radius 1 is 1.40 bits per heavy atom. The Labute approximate surface area is 90.1 Å². The molecule has 0 radical (unpaired) electrons. The van der Waals surface area contributed by atoms with Crippen LogP contribution in [0.1, 0.15) is 30.1 Å². The number of quaternary nitrogens is 1. The van der Waals surface area contributed by atoms with E-state index in [0.717, 1.165) is 6.54 Å². The third-order valence-electron chi connectivity index (χ3n) is 1.73. The van der Waals surface area contributed by atoms with Gasteiger partial charge in [-0.05, 0) is 12.0 Å². The van der Waals surface area contributed by atoms with Crippen molar-refractivity contribution in [2.45, 2.75) is 19.8 Å². The van der Waals surface area contributed by atoms with Crippen LogP contribution in [0.5, 0.6) is 0 Å². The minimum Gasteiger partial charge on any atom is -0.545 e. The number of hydrogen-bond acceptors (Lipinski definition) is 3. The van der Waals surface area contributed by atoms with E-state index < -0.39 is 5.97 Å². The summed E-state index contributed by atoms with van der Waals surface area (Å²) >= 11 is 0. The largest absolute Gasteiger partial charge is 0.545 e. The first-order valence-electron chi connectivity index (χ1n) is 5.02. The molecule has 0 atom stereocenters. The molecule has 0 bridgehead atoms. The van der Waals surface area contributed by atoms with E-state index in [9.17, 15) is 9.90 Å². The fourth-order valence-corrected chi connectivity index (χ4v) is 0.896. The average Bonchev–Trinajstić information content (AvgIpc) is 2.28. The molecule has 0 amide bonds. The molecule has 0 aromatic heterocycles. The van der Waals surface area contributed by atoms with Crippen LogP contribution in [0.3, 0.4) is 0 Å². The standard InChI is InChI=1S/C7H6O2.C4H12N2/c8-7(9)6-4-2-1-3-5-6;1-2-3-4-6-5/h1-5H,(H,8,9);6H,2-5H2,1H3. The summed E-state index contributed by atoms with van der Waals surface area (Å²) in [5.41, 5.74) is 1.93. The van der Waals surface area contributed by atoms with Gasteiger partial charge in [0.05, 0.1) is 12.5 Å². The molecule has 0 heterocycles. The summed E-state index contributed by atoms with van der Waals surface area (Å²) in [4.78, 5) is 10.1. The van der Waals surface area contributed by atoms with Crippen molar-refractivity contribution in [3.8, 4) is 0 Å². The molecule has 0 aliphatic rings. The van der Waals surface area contributed by atoms with E-state index in [-0.39, 0.29) is 5.56 Å². The van der Waals surface area contributed by atoms with E-state index in [1.165, 1.54) is 25.0 Å². The van der Waals surface area contributed by atoms with Gasteiger partial charge in [0.15, 0.2) is 0 Å². The van der Waals surface area contributed by atoms with E-state index in [2.05, 4.69) is 6.92 Å². The lowest BCUT2D eigenvalue weighted by Gasteiger charge is -1.97. The summed E-state index contributed by atoms with van der Waals surface area (Å²) in [6, 6.07) is 8.06. The van der Waals surface area contributed by atoms with Crippen LogP contribution >= 0.6 is 0 Å². The summed E-state index contributed by atoms with van der Waals surface area (Å²) in [6.45, 7) is 3.22. The van der Waals surface area contributed by atoms with Gasteiger partial charge < -0.3 is 9.90 Å². The van der Waals surface area contributed by atoms with Crippen molar-refractivity contribution < 1.29 is 15.3 Å². The zero-order valence-electron chi connectivity index (χ0n) is 8.98. The zero-order valence-corrected chi connectivity index (χ0v) is 8.98. The molecule has 1 aromatic rings. The molecule has 0 aliphatic carbocycles. The van der Waals surface area contributed by atoms with Crippen LogP contribution in [0, 0.1) is 0 Å². The molecule has 0 saturated carbocycles. The maximum absolute atomic E-state index is 10.1. The van der Waals surface area contributed by atoms with E-state index >= 15 is 0 Å². The first-order chi connectivity index (χ1) is 7.22. The summed E-state index contributed by atoms with van der Waals surface area (Å²) < 4.78 is 0. The Morgan fingerprint density at radius 3 is 2.27 bits per heavy atom. The van der Waals surface area contributed by atoms with Gasteiger partial charge in [-0.15, -0.1) is 0 Å². The van der Waals surface area contributed by atoms with E-state index in [4.69, 9.17) is 5.84 Å². The smallest absolute Gasteiger partial charge is 0.0927 e. The molecule has 84 valence electrons. The maximum Gasteiger partial charge on any atom is 0.0927 e. The molecule has 4 N–H and O–H groups in total. The predicted octanol–water partition coefficient (Wildman–Crippen LogP) is -0.726. The van der Waals surface area contributed by atoms with Gasteiger partial charge in [-0.1, -0.05) is 43.7 Å². The van der Waals surface area contributed by atoms with Gasteiger partial charge in [0.1, 0.15) is 0 Å². The number of benzene rings is 1. The minimum absolute atomic E-state index is 0.220. The fraction of sp³-hybridized carbons (Fsp3) is 0.364. The van der Waals surface area contributed by atoms with E-state index in [1.807, 2.05) is 0 Å². The Hall–Kier alpha value is -1.39. The highest BCUT2D eigenvalue weighted by molar-refractivity contribution is 5.85. The van der Waals surface area contributed by atoms with Gasteiger partial charge >= 0.3 is 0 Å². The summed E-state index contributed by atoms with van der Waals surface area (Å²) in [7, 11) is 0. The van der Waals surface area contributed by atoms with Crippen molar-refractivity contribution in [2.75, 3.05) is 6.54 Å². The molecular weight excluding hydrogens is 192 g/mol. The van der Waals surface area contributed by atoms with Crippen molar-refractivity contribution in [3.63, 3.8) is 0 Å². The molecular formula is C11H18N2O2. The van der Waals surface area contributed by atoms with Crippen LogP contribution in [-0.2, 0) is 0 Å². The van der Waals surface area contributed by atoms with Gasteiger partial charge in [-0.3, -0.25) is 5.43 Å². The second-order valence-electron chi connectivity index (χ2n) is 3.03. The molecule has 1 aromatic carbocycles. The minimum atomic E-state index is -1.13. The van der Waals surface area contributed by atoms with Crippen molar-refractivity contribution in [2.24, 2.45) is 5.84 Å². The maximum atomic E-state index is 10.1. The SMILES string of the molecule is CCCC[NH2+]N.O=C([O-])c1ccccc1. The Balaban J connectivity index is 0.000000288. The lowest BCUT2D eigenvalue weighted by Crippen LogP contribution is -2.91. The lowest BCUT2D eigenvalue weighted by atomic mass is 10.2. The monoisotopic (exact) mass is 210 g/mol. The van der Waals surface area contributed by atoms with E-state index in [1.54, 1.807) is 23.6 Å². The van der Waals surface area contributed by atoms with Crippen molar-refractivity contribution in [1.82, 2.24) is 0 Å². The van der Waals surface area contributed by atoms with E-state index in [0.29, 0.717) is 0 Å². The van der Waals surface area contributed by atoms with Gasteiger partial charge in [0.25, 0.3) is 0 Å². The number of aromatic carboxylic acids is 1. The second-order valence-corrected chi connectivity index (χ2v) is 3.03. The zero-order chi connectivity index (χ0) is 11.5. The van der Waals surface area contributed by atoms with Crippen molar-refractivity contribution in [1.29, 1.82) is 0 Å². The molecule has 4 heteroatoms. The summed E-state index contributed by atoms with van der Waals surface area (Å²) in [6.07, 6.45) is 2.48. The molecule has 0 unspecified atom stereocenters. The first-order valence-corrected chi connectivity index (χ1v) is 5.02. The molecule has 0 spiro atoms. The number of carbonyl (C=O) groups is 1. The average molecular weight is 210 g/mol. The number of rotatable bonds is 4. The fourth-order valence-electron chi connectivity index (χ4n) is 0.896. The van der Waals surface area contributed by atoms with Crippen LogP contribution in [-0.4, -0.2) is 12.5 Å². The predicted molar refractivity (Wildman–Crippen MR) is 56.7 cm³/mol. The number of carboxylic acid groups (broad SMARTS) is 1. The molecule has 0 fully saturated rings. The van der Waals surface area contributed by atoms with Crippen LogP contribution in [0.2, 0.25) is 0 Å². The van der Waals surface area contributed by atoms with Crippen molar-refractivity contribution >= 4 is 5.97 Å². The molecule has 4 nitrogen and oxygen atoms in total.